The van der Waals surface area contributed by atoms with Gasteiger partial charge in [-0.05, 0) is 0 Å². The van der Waals surface area contributed by atoms with Gasteiger partial charge >= 0.3 is 59.1 Å². The molecule has 0 aromatic heterocycles. The SMILES string of the molecule is O=S(=O)(O)CCBr.[H-].[H-].[Na+].[Na+]. The molecule has 3 nitrogen and oxygen atoms in total. The largest absolute Gasteiger partial charge is 1.00 e. The van der Waals surface area contributed by atoms with Gasteiger partial charge in [-0.15, -0.1) is 0 Å². The van der Waals surface area contributed by atoms with Crippen LogP contribution in [0.1, 0.15) is 2.85 Å². The van der Waals surface area contributed by atoms with Crippen molar-refractivity contribution < 1.29 is 74.9 Å². The number of rotatable bonds is 2. The Morgan fingerprint density at radius 2 is 1.78 bits per heavy atom. The Hall–Kier alpha value is 2.39. The molecule has 0 aliphatic rings. The first-order valence-corrected chi connectivity index (χ1v) is 4.30. The topological polar surface area (TPSA) is 54.4 Å². The molecule has 0 saturated heterocycles. The molecular weight excluding hydrogens is 230 g/mol. The van der Waals surface area contributed by atoms with E-state index in [0.717, 1.165) is 0 Å². The molecule has 0 aromatic carbocycles. The Labute approximate surface area is 110 Å². The Morgan fingerprint density at radius 3 is 1.78 bits per heavy atom. The second-order valence-electron chi connectivity index (χ2n) is 0.975. The van der Waals surface area contributed by atoms with Gasteiger partial charge in [0.2, 0.25) is 0 Å². The van der Waals surface area contributed by atoms with Gasteiger partial charge in [-0.1, -0.05) is 15.9 Å². The van der Waals surface area contributed by atoms with Crippen molar-refractivity contribution in [2.75, 3.05) is 11.1 Å². The van der Waals surface area contributed by atoms with Crippen LogP contribution in [0.15, 0.2) is 0 Å². The van der Waals surface area contributed by atoms with Crippen molar-refractivity contribution in [3.8, 4) is 0 Å². The molecule has 0 aromatic rings. The average Bonchev–Trinajstić information content (AvgIpc) is 1.30. The molecule has 0 radical (unpaired) electrons. The number of alkyl halides is 1. The molecule has 0 unspecified atom stereocenters. The summed E-state index contributed by atoms with van der Waals surface area (Å²) in [5.74, 6) is -0.215. The third-order valence-corrected chi connectivity index (χ3v) is 1.98. The molecule has 0 bridgehead atoms. The van der Waals surface area contributed by atoms with Crippen LogP contribution in [0.3, 0.4) is 0 Å². The molecule has 0 amide bonds. The fourth-order valence-corrected chi connectivity index (χ4v) is 1.52. The summed E-state index contributed by atoms with van der Waals surface area (Å²) >= 11 is 2.85. The minimum Gasteiger partial charge on any atom is -1.00 e. The van der Waals surface area contributed by atoms with E-state index < -0.39 is 10.1 Å². The molecule has 9 heavy (non-hydrogen) atoms. The standard InChI is InChI=1S/C2H5BrO3S.2Na.2H/c3-1-2-7(4,5)6;;;;/h1-2H2,(H,4,5,6);;;;/q;2*+1;2*-1. The van der Waals surface area contributed by atoms with E-state index in [-0.39, 0.29) is 73.1 Å². The second-order valence-corrected chi connectivity index (χ2v) is 3.34. The molecule has 7 heteroatoms. The van der Waals surface area contributed by atoms with Gasteiger partial charge in [-0.25, -0.2) is 0 Å². The molecule has 1 N–H and O–H groups in total. The fourth-order valence-electron chi connectivity index (χ4n) is 0.0975. The van der Waals surface area contributed by atoms with Crippen molar-refractivity contribution in [2.24, 2.45) is 0 Å². The Balaban J connectivity index is -0.0000000300. The van der Waals surface area contributed by atoms with Crippen LogP contribution >= 0.6 is 15.9 Å². The first-order valence-electron chi connectivity index (χ1n) is 1.57. The van der Waals surface area contributed by atoms with Crippen LogP contribution in [0, 0.1) is 0 Å². The van der Waals surface area contributed by atoms with Crippen molar-refractivity contribution in [3.63, 3.8) is 0 Å². The first-order chi connectivity index (χ1) is 3.06. The number of hydrogen-bond acceptors (Lipinski definition) is 2. The van der Waals surface area contributed by atoms with Crippen LogP contribution in [-0.2, 0) is 10.1 Å². The zero-order chi connectivity index (χ0) is 5.91. The van der Waals surface area contributed by atoms with Crippen molar-refractivity contribution in [1.82, 2.24) is 0 Å². The predicted molar refractivity (Wildman–Crippen MR) is 32.4 cm³/mol. The Morgan fingerprint density at radius 1 is 1.44 bits per heavy atom. The number of hydrogen-bond donors (Lipinski definition) is 1. The third-order valence-electron chi connectivity index (χ3n) is 0.335. The summed E-state index contributed by atoms with van der Waals surface area (Å²) in [6.45, 7) is 0. The summed E-state index contributed by atoms with van der Waals surface area (Å²) in [6, 6.07) is 0. The quantitative estimate of drug-likeness (QED) is 0.296. The Kier molecular flexibility index (Phi) is 16.5. The molecule has 0 saturated carbocycles. The summed E-state index contributed by atoms with van der Waals surface area (Å²) in [5.41, 5.74) is 0. The van der Waals surface area contributed by atoms with E-state index >= 15 is 0 Å². The Bertz CT molecular complexity index is 140. The maximum absolute atomic E-state index is 9.76. The van der Waals surface area contributed by atoms with E-state index in [9.17, 15) is 8.42 Å². The van der Waals surface area contributed by atoms with Crippen LogP contribution in [0.2, 0.25) is 0 Å². The zero-order valence-electron chi connectivity index (χ0n) is 7.46. The summed E-state index contributed by atoms with van der Waals surface area (Å²) in [6.07, 6.45) is 0. The maximum Gasteiger partial charge on any atom is 1.00 e. The number of halogens is 1. The third kappa shape index (κ3) is 17.9. The van der Waals surface area contributed by atoms with E-state index in [2.05, 4.69) is 15.9 Å². The van der Waals surface area contributed by atoms with Crippen LogP contribution < -0.4 is 59.1 Å². The van der Waals surface area contributed by atoms with Gasteiger partial charge in [-0.2, -0.15) is 8.42 Å². The normalized spacial score (nSPS) is 9.11. The summed E-state index contributed by atoms with van der Waals surface area (Å²) in [5, 5.41) is 0.284. The van der Waals surface area contributed by atoms with E-state index in [4.69, 9.17) is 4.55 Å². The average molecular weight is 237 g/mol. The van der Waals surface area contributed by atoms with Gasteiger partial charge in [0.15, 0.2) is 0 Å². The summed E-state index contributed by atoms with van der Waals surface area (Å²) in [7, 11) is -3.72. The van der Waals surface area contributed by atoms with Crippen molar-refractivity contribution >= 4 is 26.0 Å². The van der Waals surface area contributed by atoms with Crippen LogP contribution in [0.5, 0.6) is 0 Å². The molecular formula is C2H7BrNa2O3S. The van der Waals surface area contributed by atoms with Crippen molar-refractivity contribution in [1.29, 1.82) is 0 Å². The minimum atomic E-state index is -3.72. The van der Waals surface area contributed by atoms with Crippen LogP contribution in [0.4, 0.5) is 0 Å². The molecule has 0 rings (SSSR count). The molecule has 0 spiro atoms. The monoisotopic (exact) mass is 236 g/mol. The molecule has 0 aliphatic heterocycles. The first kappa shape index (κ1) is 17.5. The molecule has 0 heterocycles. The van der Waals surface area contributed by atoms with Gasteiger partial charge < -0.3 is 2.85 Å². The minimum absolute atomic E-state index is 0. The fraction of sp³-hybridized carbons (Fsp3) is 1.00. The van der Waals surface area contributed by atoms with Crippen molar-refractivity contribution in [2.45, 2.75) is 0 Å². The second kappa shape index (κ2) is 8.49. The van der Waals surface area contributed by atoms with E-state index in [1.54, 1.807) is 0 Å². The van der Waals surface area contributed by atoms with E-state index in [0.29, 0.717) is 0 Å². The van der Waals surface area contributed by atoms with E-state index in [1.165, 1.54) is 0 Å². The van der Waals surface area contributed by atoms with Crippen LogP contribution in [0.25, 0.3) is 0 Å². The molecule has 0 fully saturated rings. The van der Waals surface area contributed by atoms with E-state index in [1.807, 2.05) is 0 Å². The summed E-state index contributed by atoms with van der Waals surface area (Å²) < 4.78 is 27.5. The van der Waals surface area contributed by atoms with Gasteiger partial charge in [0.25, 0.3) is 10.1 Å². The van der Waals surface area contributed by atoms with Gasteiger partial charge in [0, 0.05) is 5.33 Å². The van der Waals surface area contributed by atoms with Gasteiger partial charge in [-0.3, -0.25) is 4.55 Å². The maximum atomic E-state index is 9.76. The van der Waals surface area contributed by atoms with Gasteiger partial charge in [0.05, 0.1) is 5.75 Å². The van der Waals surface area contributed by atoms with Crippen molar-refractivity contribution in [3.05, 3.63) is 0 Å². The molecule has 0 aliphatic carbocycles. The van der Waals surface area contributed by atoms with Crippen LogP contribution in [-0.4, -0.2) is 24.1 Å². The summed E-state index contributed by atoms with van der Waals surface area (Å²) in [4.78, 5) is 0. The van der Waals surface area contributed by atoms with Gasteiger partial charge in [0.1, 0.15) is 0 Å². The predicted octanol–water partition coefficient (Wildman–Crippen LogP) is -5.50. The molecule has 0 atom stereocenters. The molecule has 48 valence electrons. The zero-order valence-corrected chi connectivity index (χ0v) is 11.9. The smallest absolute Gasteiger partial charge is 1.00 e.